The van der Waals surface area contributed by atoms with Gasteiger partial charge in [-0.15, -0.1) is 0 Å². The van der Waals surface area contributed by atoms with Crippen LogP contribution < -0.4 is 5.43 Å². The quantitative estimate of drug-likeness (QED) is 0.723. The summed E-state index contributed by atoms with van der Waals surface area (Å²) in [7, 11) is 0. The predicted octanol–water partition coefficient (Wildman–Crippen LogP) is 0.508. The van der Waals surface area contributed by atoms with Crippen molar-refractivity contribution >= 4 is 5.97 Å². The van der Waals surface area contributed by atoms with Crippen LogP contribution in [0.2, 0.25) is 0 Å². The van der Waals surface area contributed by atoms with Crippen molar-refractivity contribution in [1.29, 1.82) is 0 Å². The standard InChI is InChI=1S/C9H11NO4/c1-5-8(12)7(11)3-4-10(5)6(2)9(13)14/h3-4,6,12H,1-2H3,(H,13,14). The smallest absolute Gasteiger partial charge is 0.326 e. The summed E-state index contributed by atoms with van der Waals surface area (Å²) in [5, 5.41) is 18.0. The number of pyridine rings is 1. The van der Waals surface area contributed by atoms with E-state index in [1.165, 1.54) is 24.6 Å². The minimum Gasteiger partial charge on any atom is -0.503 e. The molecule has 0 aromatic carbocycles. The topological polar surface area (TPSA) is 79.5 Å². The first-order chi connectivity index (χ1) is 6.45. The second kappa shape index (κ2) is 3.53. The molecule has 1 unspecified atom stereocenters. The van der Waals surface area contributed by atoms with Gasteiger partial charge in [0.1, 0.15) is 6.04 Å². The molecule has 0 aliphatic carbocycles. The Hall–Kier alpha value is -1.78. The van der Waals surface area contributed by atoms with Crippen molar-refractivity contribution in [1.82, 2.24) is 4.57 Å². The molecule has 0 fully saturated rings. The largest absolute Gasteiger partial charge is 0.503 e. The molecule has 1 atom stereocenters. The molecule has 0 aliphatic heterocycles. The van der Waals surface area contributed by atoms with Crippen LogP contribution in [0.25, 0.3) is 0 Å². The lowest BCUT2D eigenvalue weighted by molar-refractivity contribution is -0.140. The monoisotopic (exact) mass is 197 g/mol. The van der Waals surface area contributed by atoms with Crippen LogP contribution >= 0.6 is 0 Å². The summed E-state index contributed by atoms with van der Waals surface area (Å²) >= 11 is 0. The maximum atomic E-state index is 11.0. The number of carboxylic acid groups (broad SMARTS) is 1. The van der Waals surface area contributed by atoms with Crippen LogP contribution in [0, 0.1) is 6.92 Å². The van der Waals surface area contributed by atoms with E-state index in [1.54, 1.807) is 0 Å². The van der Waals surface area contributed by atoms with E-state index in [2.05, 4.69) is 0 Å². The number of carboxylic acids is 1. The van der Waals surface area contributed by atoms with Gasteiger partial charge in [0.05, 0.1) is 5.69 Å². The van der Waals surface area contributed by atoms with Crippen LogP contribution in [0.4, 0.5) is 0 Å². The number of carbonyl (C=O) groups is 1. The highest BCUT2D eigenvalue weighted by molar-refractivity contribution is 5.71. The third-order valence-electron chi connectivity index (χ3n) is 2.12. The number of hydrogen-bond acceptors (Lipinski definition) is 3. The molecule has 0 radical (unpaired) electrons. The zero-order chi connectivity index (χ0) is 10.9. The van der Waals surface area contributed by atoms with Crippen molar-refractivity contribution in [3.8, 4) is 5.75 Å². The molecule has 1 aromatic heterocycles. The molecule has 0 aliphatic rings. The Morgan fingerprint density at radius 1 is 1.57 bits per heavy atom. The van der Waals surface area contributed by atoms with Gasteiger partial charge in [0.25, 0.3) is 0 Å². The molecule has 0 bridgehead atoms. The van der Waals surface area contributed by atoms with Crippen LogP contribution in [0.15, 0.2) is 17.1 Å². The number of rotatable bonds is 2. The zero-order valence-corrected chi connectivity index (χ0v) is 7.89. The zero-order valence-electron chi connectivity index (χ0n) is 7.89. The van der Waals surface area contributed by atoms with E-state index < -0.39 is 23.2 Å². The van der Waals surface area contributed by atoms with Crippen LogP contribution in [-0.4, -0.2) is 20.7 Å². The number of aromatic nitrogens is 1. The second-order valence-corrected chi connectivity index (χ2v) is 3.04. The Labute approximate surface area is 80.2 Å². The highest BCUT2D eigenvalue weighted by Crippen LogP contribution is 2.14. The summed E-state index contributed by atoms with van der Waals surface area (Å²) in [5.41, 5.74) is -0.247. The van der Waals surface area contributed by atoms with Gasteiger partial charge in [-0.1, -0.05) is 0 Å². The van der Waals surface area contributed by atoms with Gasteiger partial charge in [0, 0.05) is 12.3 Å². The highest BCUT2D eigenvalue weighted by atomic mass is 16.4. The lowest BCUT2D eigenvalue weighted by Gasteiger charge is -2.15. The minimum absolute atomic E-state index is 0.257. The van der Waals surface area contributed by atoms with E-state index in [-0.39, 0.29) is 5.69 Å². The molecule has 2 N–H and O–H groups in total. The summed E-state index contributed by atoms with van der Waals surface area (Å²) in [6.45, 7) is 2.97. The Balaban J connectivity index is 3.31. The van der Waals surface area contributed by atoms with Crippen LogP contribution in [-0.2, 0) is 4.79 Å². The molecule has 5 nitrogen and oxygen atoms in total. The fourth-order valence-corrected chi connectivity index (χ4v) is 1.18. The van der Waals surface area contributed by atoms with E-state index in [4.69, 9.17) is 5.11 Å². The molecule has 1 heterocycles. The van der Waals surface area contributed by atoms with E-state index in [9.17, 15) is 14.7 Å². The maximum absolute atomic E-state index is 11.0. The van der Waals surface area contributed by atoms with Crippen LogP contribution in [0.3, 0.4) is 0 Å². The first-order valence-electron chi connectivity index (χ1n) is 4.08. The van der Waals surface area contributed by atoms with Crippen molar-refractivity contribution in [2.75, 3.05) is 0 Å². The maximum Gasteiger partial charge on any atom is 0.326 e. The molecule has 0 spiro atoms. The van der Waals surface area contributed by atoms with E-state index in [1.807, 2.05) is 0 Å². The van der Waals surface area contributed by atoms with Gasteiger partial charge in [-0.05, 0) is 13.8 Å². The summed E-state index contributed by atoms with van der Waals surface area (Å²) in [5.74, 6) is -1.42. The Bertz CT molecular complexity index is 421. The molecule has 0 saturated heterocycles. The lowest BCUT2D eigenvalue weighted by Crippen LogP contribution is -2.19. The number of hydrogen-bond donors (Lipinski definition) is 2. The molecule has 14 heavy (non-hydrogen) atoms. The van der Waals surface area contributed by atoms with Gasteiger partial charge >= 0.3 is 5.97 Å². The second-order valence-electron chi connectivity index (χ2n) is 3.04. The first-order valence-corrected chi connectivity index (χ1v) is 4.08. The highest BCUT2D eigenvalue weighted by Gasteiger charge is 2.15. The number of aromatic hydroxyl groups is 1. The Kier molecular flexibility index (Phi) is 2.60. The van der Waals surface area contributed by atoms with Gasteiger partial charge in [-0.25, -0.2) is 4.79 Å². The van der Waals surface area contributed by atoms with E-state index in [0.29, 0.717) is 0 Å². The molecule has 1 rings (SSSR count). The van der Waals surface area contributed by atoms with Crippen molar-refractivity contribution in [2.45, 2.75) is 19.9 Å². The summed E-state index contributed by atoms with van der Waals surface area (Å²) in [4.78, 5) is 21.6. The fraction of sp³-hybridized carbons (Fsp3) is 0.333. The van der Waals surface area contributed by atoms with Gasteiger partial charge in [-0.3, -0.25) is 4.79 Å². The van der Waals surface area contributed by atoms with Gasteiger partial charge in [-0.2, -0.15) is 0 Å². The molecular formula is C9H11NO4. The number of nitrogens with zero attached hydrogens (tertiary/aromatic N) is 1. The van der Waals surface area contributed by atoms with Gasteiger partial charge in [0.15, 0.2) is 5.75 Å². The summed E-state index contributed by atoms with van der Waals surface area (Å²) < 4.78 is 1.33. The normalized spacial score (nSPS) is 12.4. The van der Waals surface area contributed by atoms with Gasteiger partial charge < -0.3 is 14.8 Å². The molecular weight excluding hydrogens is 186 g/mol. The molecule has 5 heteroatoms. The third kappa shape index (κ3) is 1.61. The summed E-state index contributed by atoms with van der Waals surface area (Å²) in [6.07, 6.45) is 1.36. The number of aliphatic carboxylic acids is 1. The Morgan fingerprint density at radius 3 is 2.64 bits per heavy atom. The van der Waals surface area contributed by atoms with Crippen molar-refractivity contribution in [3.05, 3.63) is 28.2 Å². The lowest BCUT2D eigenvalue weighted by atomic mass is 10.2. The average Bonchev–Trinajstić information content (AvgIpc) is 2.13. The van der Waals surface area contributed by atoms with Crippen LogP contribution in [0.1, 0.15) is 18.7 Å². The average molecular weight is 197 g/mol. The van der Waals surface area contributed by atoms with E-state index >= 15 is 0 Å². The molecule has 76 valence electrons. The predicted molar refractivity (Wildman–Crippen MR) is 49.5 cm³/mol. The minimum atomic E-state index is -1.02. The third-order valence-corrected chi connectivity index (χ3v) is 2.12. The SMILES string of the molecule is Cc1c(O)c(=O)ccn1C(C)C(=O)O. The fourth-order valence-electron chi connectivity index (χ4n) is 1.18. The summed E-state index contributed by atoms with van der Waals surface area (Å²) in [6, 6.07) is 0.336. The molecule has 0 saturated carbocycles. The van der Waals surface area contributed by atoms with Gasteiger partial charge in [0.2, 0.25) is 5.43 Å². The van der Waals surface area contributed by atoms with Crippen LogP contribution in [0.5, 0.6) is 5.75 Å². The molecule has 0 amide bonds. The molecule has 1 aromatic rings. The first kappa shape index (κ1) is 10.3. The van der Waals surface area contributed by atoms with E-state index in [0.717, 1.165) is 6.07 Å². The Morgan fingerprint density at radius 2 is 2.14 bits per heavy atom. The van der Waals surface area contributed by atoms with Crippen molar-refractivity contribution in [2.24, 2.45) is 0 Å². The van der Waals surface area contributed by atoms with Crippen molar-refractivity contribution in [3.63, 3.8) is 0 Å². The van der Waals surface area contributed by atoms with Crippen molar-refractivity contribution < 1.29 is 15.0 Å².